The van der Waals surface area contributed by atoms with Crippen LogP contribution in [-0.2, 0) is 0 Å². The maximum Gasteiger partial charge on any atom is 0.169 e. The summed E-state index contributed by atoms with van der Waals surface area (Å²) in [5, 5.41) is 11.3. The SMILES string of the molecule is c1ccc(-c2c3c(n(C4CCCCC4)c2-c2ccccc2)N=NN2CCN=C32)cc1. The first-order valence-electron chi connectivity index (χ1n) is 11.0. The van der Waals surface area contributed by atoms with Crippen LogP contribution in [0, 0.1) is 0 Å². The van der Waals surface area contributed by atoms with Crippen molar-refractivity contribution in [3.8, 4) is 22.4 Å². The summed E-state index contributed by atoms with van der Waals surface area (Å²) < 4.78 is 2.49. The zero-order valence-electron chi connectivity index (χ0n) is 17.0. The summed E-state index contributed by atoms with van der Waals surface area (Å²) in [5.74, 6) is 1.96. The molecule has 1 saturated carbocycles. The maximum atomic E-state index is 4.85. The number of aliphatic imine (C=N–C) groups is 1. The van der Waals surface area contributed by atoms with Crippen LogP contribution in [0.15, 0.2) is 76.0 Å². The normalized spacial score (nSPS) is 18.3. The highest BCUT2D eigenvalue weighted by atomic mass is 15.6. The molecule has 0 bridgehead atoms. The number of nitrogens with zero attached hydrogens (tertiary/aromatic N) is 5. The van der Waals surface area contributed by atoms with Crippen LogP contribution in [0.3, 0.4) is 0 Å². The van der Waals surface area contributed by atoms with E-state index in [-0.39, 0.29) is 0 Å². The van der Waals surface area contributed by atoms with Crippen LogP contribution in [0.2, 0.25) is 0 Å². The van der Waals surface area contributed by atoms with Crippen molar-refractivity contribution in [3.05, 3.63) is 66.2 Å². The molecule has 3 aromatic rings. The second-order valence-electron chi connectivity index (χ2n) is 8.33. The molecular weight excluding hydrogens is 370 g/mol. The standard InChI is InChI=1S/C25H25N5/c1-4-10-18(11-5-1)21-22-24-26-16-17-29(24)28-27-25(22)30(20-14-8-3-9-15-20)23(21)19-12-6-2-7-13-19/h1-2,4-7,10-13,20H,3,8-9,14-17H2. The Balaban J connectivity index is 1.70. The van der Waals surface area contributed by atoms with Gasteiger partial charge in [-0.2, -0.15) is 0 Å². The van der Waals surface area contributed by atoms with Gasteiger partial charge in [-0.1, -0.05) is 85.1 Å². The van der Waals surface area contributed by atoms with Crippen molar-refractivity contribution in [3.63, 3.8) is 0 Å². The molecule has 150 valence electrons. The van der Waals surface area contributed by atoms with Gasteiger partial charge in [-0.05, 0) is 24.0 Å². The highest BCUT2D eigenvalue weighted by molar-refractivity contribution is 6.12. The summed E-state index contributed by atoms with van der Waals surface area (Å²) in [6.07, 6.45) is 6.27. The van der Waals surface area contributed by atoms with E-state index in [1.807, 2.05) is 5.01 Å². The largest absolute Gasteiger partial charge is 0.320 e. The monoisotopic (exact) mass is 395 g/mol. The average Bonchev–Trinajstić information content (AvgIpc) is 3.43. The molecule has 5 heteroatoms. The van der Waals surface area contributed by atoms with Gasteiger partial charge in [0.1, 0.15) is 0 Å². The van der Waals surface area contributed by atoms with Crippen LogP contribution in [0.4, 0.5) is 5.82 Å². The van der Waals surface area contributed by atoms with Gasteiger partial charge in [0.15, 0.2) is 11.7 Å². The van der Waals surface area contributed by atoms with Crippen LogP contribution < -0.4 is 0 Å². The lowest BCUT2D eigenvalue weighted by atomic mass is 9.94. The lowest BCUT2D eigenvalue weighted by Crippen LogP contribution is -2.25. The summed E-state index contributed by atoms with van der Waals surface area (Å²) in [6, 6.07) is 22.0. The second kappa shape index (κ2) is 7.24. The fourth-order valence-electron chi connectivity index (χ4n) is 5.18. The number of hydrogen-bond acceptors (Lipinski definition) is 4. The van der Waals surface area contributed by atoms with Gasteiger partial charge in [0.2, 0.25) is 0 Å². The first-order valence-corrected chi connectivity index (χ1v) is 11.0. The zero-order chi connectivity index (χ0) is 19.9. The van der Waals surface area contributed by atoms with Gasteiger partial charge in [0.05, 0.1) is 24.3 Å². The molecule has 1 aromatic heterocycles. The Bertz CT molecular complexity index is 1120. The van der Waals surface area contributed by atoms with Crippen molar-refractivity contribution in [1.29, 1.82) is 0 Å². The predicted octanol–water partition coefficient (Wildman–Crippen LogP) is 6.40. The van der Waals surface area contributed by atoms with Crippen molar-refractivity contribution in [1.82, 2.24) is 9.58 Å². The number of hydrogen-bond donors (Lipinski definition) is 0. The first-order chi connectivity index (χ1) is 14.9. The molecule has 0 radical (unpaired) electrons. The molecule has 30 heavy (non-hydrogen) atoms. The van der Waals surface area contributed by atoms with Crippen LogP contribution in [-0.4, -0.2) is 28.5 Å². The zero-order valence-corrected chi connectivity index (χ0v) is 17.0. The molecule has 0 atom stereocenters. The molecule has 3 aliphatic rings. The number of benzene rings is 2. The van der Waals surface area contributed by atoms with Crippen molar-refractivity contribution in [2.45, 2.75) is 38.1 Å². The molecule has 1 aliphatic carbocycles. The minimum absolute atomic E-state index is 0.452. The summed E-state index contributed by atoms with van der Waals surface area (Å²) in [7, 11) is 0. The van der Waals surface area contributed by atoms with Gasteiger partial charge < -0.3 is 4.57 Å². The first kappa shape index (κ1) is 17.6. The molecule has 0 saturated heterocycles. The number of aromatic nitrogens is 1. The topological polar surface area (TPSA) is 45.2 Å². The Morgan fingerprint density at radius 2 is 1.47 bits per heavy atom. The van der Waals surface area contributed by atoms with Crippen LogP contribution >= 0.6 is 0 Å². The summed E-state index contributed by atoms with van der Waals surface area (Å²) in [5.41, 5.74) is 6.10. The minimum atomic E-state index is 0.452. The molecule has 0 amide bonds. The van der Waals surface area contributed by atoms with E-state index >= 15 is 0 Å². The third-order valence-corrected chi connectivity index (χ3v) is 6.52. The van der Waals surface area contributed by atoms with Crippen LogP contribution in [0.25, 0.3) is 22.4 Å². The molecule has 2 aromatic carbocycles. The smallest absolute Gasteiger partial charge is 0.169 e. The molecule has 3 heterocycles. The predicted molar refractivity (Wildman–Crippen MR) is 120 cm³/mol. The van der Waals surface area contributed by atoms with Crippen molar-refractivity contribution in [2.24, 2.45) is 15.3 Å². The molecule has 1 fully saturated rings. The summed E-state index contributed by atoms with van der Waals surface area (Å²) in [4.78, 5) is 4.85. The Morgan fingerprint density at radius 3 is 2.20 bits per heavy atom. The number of rotatable bonds is 3. The highest BCUT2D eigenvalue weighted by Crippen LogP contribution is 2.49. The fourth-order valence-corrected chi connectivity index (χ4v) is 5.18. The van der Waals surface area contributed by atoms with Crippen molar-refractivity contribution >= 4 is 11.7 Å². The van der Waals surface area contributed by atoms with E-state index in [4.69, 9.17) is 10.1 Å². The maximum absolute atomic E-state index is 4.85. The second-order valence-corrected chi connectivity index (χ2v) is 8.33. The van der Waals surface area contributed by atoms with Gasteiger partial charge in [-0.25, -0.2) is 5.01 Å². The third-order valence-electron chi connectivity index (χ3n) is 6.52. The summed E-state index contributed by atoms with van der Waals surface area (Å²) >= 11 is 0. The number of fused-ring (bicyclic) bond motifs is 3. The molecule has 6 rings (SSSR count). The average molecular weight is 396 g/mol. The van der Waals surface area contributed by atoms with Crippen LogP contribution in [0.5, 0.6) is 0 Å². The fraction of sp³-hybridized carbons (Fsp3) is 0.320. The Labute approximate surface area is 176 Å². The van der Waals surface area contributed by atoms with Gasteiger partial charge >= 0.3 is 0 Å². The molecule has 0 unspecified atom stereocenters. The molecule has 2 aliphatic heterocycles. The van der Waals surface area contributed by atoms with Crippen LogP contribution in [0.1, 0.15) is 43.7 Å². The van der Waals surface area contributed by atoms with Gasteiger partial charge in [0.25, 0.3) is 0 Å². The van der Waals surface area contributed by atoms with E-state index < -0.39 is 0 Å². The molecular formula is C25H25N5. The van der Waals surface area contributed by atoms with Crippen molar-refractivity contribution < 1.29 is 0 Å². The molecule has 5 nitrogen and oxygen atoms in total. The Morgan fingerprint density at radius 1 is 0.767 bits per heavy atom. The summed E-state index contributed by atoms with van der Waals surface area (Å²) in [6.45, 7) is 1.58. The Kier molecular flexibility index (Phi) is 4.25. The van der Waals surface area contributed by atoms with E-state index in [0.29, 0.717) is 6.04 Å². The quantitative estimate of drug-likeness (QED) is 0.506. The highest BCUT2D eigenvalue weighted by Gasteiger charge is 2.36. The van der Waals surface area contributed by atoms with Gasteiger partial charge in [-0.15, -0.1) is 5.11 Å². The minimum Gasteiger partial charge on any atom is -0.320 e. The van der Waals surface area contributed by atoms with E-state index in [1.165, 1.54) is 54.5 Å². The lowest BCUT2D eigenvalue weighted by molar-refractivity contribution is 0.355. The van der Waals surface area contributed by atoms with E-state index in [2.05, 4.69) is 70.5 Å². The Hall–Kier alpha value is -3.21. The third kappa shape index (κ3) is 2.72. The van der Waals surface area contributed by atoms with E-state index in [1.54, 1.807) is 0 Å². The van der Waals surface area contributed by atoms with Gasteiger partial charge in [0, 0.05) is 11.6 Å². The molecule has 0 spiro atoms. The van der Waals surface area contributed by atoms with E-state index in [9.17, 15) is 0 Å². The molecule has 0 N–H and O–H groups in total. The van der Waals surface area contributed by atoms with E-state index in [0.717, 1.165) is 30.3 Å². The lowest BCUT2D eigenvalue weighted by Gasteiger charge is -2.27. The van der Waals surface area contributed by atoms with Gasteiger partial charge in [-0.3, -0.25) is 4.99 Å². The van der Waals surface area contributed by atoms with Crippen molar-refractivity contribution in [2.75, 3.05) is 13.1 Å². The number of amidine groups is 1.